The maximum Gasteiger partial charge on any atom is 0.411 e. The number of esters is 1. The first-order valence-electron chi connectivity index (χ1n) is 8.00. The summed E-state index contributed by atoms with van der Waals surface area (Å²) in [5, 5.41) is 0. The molecule has 2 rings (SSSR count). The highest BCUT2D eigenvalue weighted by atomic mass is 16.6. The van der Waals surface area contributed by atoms with Gasteiger partial charge in [0.25, 0.3) is 0 Å². The van der Waals surface area contributed by atoms with E-state index in [9.17, 15) is 9.59 Å². The number of hydrogen-bond donors (Lipinski definition) is 0. The summed E-state index contributed by atoms with van der Waals surface area (Å²) >= 11 is 0. The monoisotopic (exact) mass is 335 g/mol. The van der Waals surface area contributed by atoms with Gasteiger partial charge in [-0.15, -0.1) is 0 Å². The normalized spacial score (nSPS) is 20.6. The molecule has 0 radical (unpaired) electrons. The lowest BCUT2D eigenvalue weighted by molar-refractivity contribution is -0.146. The van der Waals surface area contributed by atoms with Crippen LogP contribution in [0.2, 0.25) is 0 Å². The van der Waals surface area contributed by atoms with Gasteiger partial charge in [-0.05, 0) is 51.3 Å². The number of methoxy groups -OCH3 is 2. The number of rotatable bonds is 3. The topological polar surface area (TPSA) is 65.1 Å². The first-order chi connectivity index (χ1) is 11.3. The lowest BCUT2D eigenvalue weighted by Gasteiger charge is -2.31. The van der Waals surface area contributed by atoms with Crippen LogP contribution < -0.4 is 4.74 Å². The summed E-state index contributed by atoms with van der Waals surface area (Å²) in [6.45, 7) is 5.41. The molecular weight excluding hydrogens is 310 g/mol. The highest BCUT2D eigenvalue weighted by Crippen LogP contribution is 2.38. The van der Waals surface area contributed by atoms with Crippen molar-refractivity contribution in [3.8, 4) is 5.75 Å². The van der Waals surface area contributed by atoms with Crippen molar-refractivity contribution in [1.29, 1.82) is 0 Å². The van der Waals surface area contributed by atoms with Gasteiger partial charge in [0.05, 0.1) is 20.3 Å². The maximum absolute atomic E-state index is 12.7. The highest BCUT2D eigenvalue weighted by molar-refractivity contribution is 5.82. The second-order valence-electron chi connectivity index (χ2n) is 6.79. The van der Waals surface area contributed by atoms with Gasteiger partial charge in [0, 0.05) is 0 Å². The summed E-state index contributed by atoms with van der Waals surface area (Å²) in [6.07, 6.45) is 0.713. The number of hydrogen-bond acceptors (Lipinski definition) is 5. The summed E-state index contributed by atoms with van der Waals surface area (Å²) in [5.41, 5.74) is 0.304. The van der Waals surface area contributed by atoms with Crippen molar-refractivity contribution >= 4 is 12.1 Å². The molecule has 6 nitrogen and oxygen atoms in total. The van der Waals surface area contributed by atoms with Gasteiger partial charge >= 0.3 is 12.1 Å². The predicted molar refractivity (Wildman–Crippen MR) is 88.8 cm³/mol. The van der Waals surface area contributed by atoms with Crippen LogP contribution in [0.3, 0.4) is 0 Å². The Morgan fingerprint density at radius 3 is 2.21 bits per heavy atom. The van der Waals surface area contributed by atoms with Crippen molar-refractivity contribution in [3.63, 3.8) is 0 Å². The minimum absolute atomic E-state index is 0.227. The molecule has 1 aromatic carbocycles. The molecule has 6 heteroatoms. The van der Waals surface area contributed by atoms with E-state index in [1.165, 1.54) is 12.0 Å². The largest absolute Gasteiger partial charge is 0.497 e. The van der Waals surface area contributed by atoms with Crippen molar-refractivity contribution in [1.82, 2.24) is 4.90 Å². The van der Waals surface area contributed by atoms with Gasteiger partial charge in [0.15, 0.2) is 0 Å². The number of benzene rings is 1. The summed E-state index contributed by atoms with van der Waals surface area (Å²) in [7, 11) is 2.93. The van der Waals surface area contributed by atoms with Crippen LogP contribution >= 0.6 is 0 Å². The number of likely N-dealkylation sites (tertiary alicyclic amines) is 1. The number of carbonyl (C=O) groups excluding carboxylic acids is 2. The third kappa shape index (κ3) is 3.99. The van der Waals surface area contributed by atoms with Gasteiger partial charge < -0.3 is 14.2 Å². The van der Waals surface area contributed by atoms with Crippen molar-refractivity contribution in [2.75, 3.05) is 14.2 Å². The Kier molecular flexibility index (Phi) is 5.36. The molecule has 1 saturated heterocycles. The fourth-order valence-corrected chi connectivity index (χ4v) is 2.90. The van der Waals surface area contributed by atoms with Crippen LogP contribution in [0.1, 0.15) is 45.2 Å². The second-order valence-corrected chi connectivity index (χ2v) is 6.79. The second kappa shape index (κ2) is 7.11. The van der Waals surface area contributed by atoms with Gasteiger partial charge in [-0.2, -0.15) is 0 Å². The molecule has 0 N–H and O–H groups in total. The quantitative estimate of drug-likeness (QED) is 0.793. The Labute approximate surface area is 142 Å². The predicted octanol–water partition coefficient (Wildman–Crippen LogP) is 3.31. The third-order valence-corrected chi connectivity index (χ3v) is 3.96. The number of carbonyl (C=O) groups is 2. The van der Waals surface area contributed by atoms with Crippen LogP contribution in [-0.4, -0.2) is 42.8 Å². The van der Waals surface area contributed by atoms with Gasteiger partial charge in [-0.3, -0.25) is 4.90 Å². The van der Waals surface area contributed by atoms with Crippen molar-refractivity contribution in [2.45, 2.75) is 51.3 Å². The Morgan fingerprint density at radius 1 is 1.08 bits per heavy atom. The molecule has 1 aromatic rings. The van der Waals surface area contributed by atoms with E-state index < -0.39 is 23.7 Å². The standard InChI is InChI=1S/C18H25NO5/c1-18(2,3)24-17(21)19-14(10-11-15(19)16(20)23-5)12-6-8-13(22-4)9-7-12/h6-9,14-15H,10-11H2,1-5H3/t14-,15+/m0/s1. The minimum atomic E-state index is -0.634. The van der Waals surface area contributed by atoms with Gasteiger partial charge in [0.1, 0.15) is 17.4 Å². The molecule has 0 aliphatic carbocycles. The molecule has 1 aliphatic heterocycles. The van der Waals surface area contributed by atoms with E-state index in [-0.39, 0.29) is 6.04 Å². The third-order valence-electron chi connectivity index (χ3n) is 3.96. The molecule has 0 aromatic heterocycles. The Morgan fingerprint density at radius 2 is 1.71 bits per heavy atom. The van der Waals surface area contributed by atoms with Crippen LogP contribution in [0.4, 0.5) is 4.79 Å². The fraction of sp³-hybridized carbons (Fsp3) is 0.556. The first kappa shape index (κ1) is 18.1. The molecular formula is C18H25NO5. The van der Waals surface area contributed by atoms with Gasteiger partial charge in [-0.25, -0.2) is 9.59 Å². The zero-order chi connectivity index (χ0) is 17.9. The lowest BCUT2D eigenvalue weighted by Crippen LogP contribution is -2.44. The van der Waals surface area contributed by atoms with E-state index in [1.807, 2.05) is 24.3 Å². The number of amides is 1. The number of nitrogens with zero attached hydrogens (tertiary/aromatic N) is 1. The van der Waals surface area contributed by atoms with Crippen molar-refractivity contribution < 1.29 is 23.8 Å². The molecule has 24 heavy (non-hydrogen) atoms. The zero-order valence-corrected chi connectivity index (χ0v) is 14.9. The molecule has 2 atom stereocenters. The maximum atomic E-state index is 12.7. The molecule has 0 spiro atoms. The van der Waals surface area contributed by atoms with E-state index >= 15 is 0 Å². The lowest BCUT2D eigenvalue weighted by atomic mass is 10.0. The van der Waals surface area contributed by atoms with E-state index in [0.717, 1.165) is 11.3 Å². The molecule has 1 heterocycles. The molecule has 0 bridgehead atoms. The SMILES string of the molecule is COC(=O)[C@H]1CC[C@@H](c2ccc(OC)cc2)N1C(=O)OC(C)(C)C. The Balaban J connectivity index is 2.30. The molecule has 0 unspecified atom stereocenters. The summed E-state index contributed by atoms with van der Waals surface area (Å²) < 4.78 is 15.5. The summed E-state index contributed by atoms with van der Waals surface area (Å²) in [4.78, 5) is 26.2. The highest BCUT2D eigenvalue weighted by Gasteiger charge is 2.44. The first-order valence-corrected chi connectivity index (χ1v) is 8.00. The van der Waals surface area contributed by atoms with Crippen LogP contribution in [0, 0.1) is 0 Å². The van der Waals surface area contributed by atoms with Crippen LogP contribution in [0.25, 0.3) is 0 Å². The average molecular weight is 335 g/mol. The summed E-state index contributed by atoms with van der Waals surface area (Å²) in [6, 6.07) is 6.63. The van der Waals surface area contributed by atoms with Crippen LogP contribution in [0.5, 0.6) is 5.75 Å². The van der Waals surface area contributed by atoms with E-state index in [1.54, 1.807) is 27.9 Å². The Hall–Kier alpha value is -2.24. The van der Waals surface area contributed by atoms with Crippen molar-refractivity contribution in [3.05, 3.63) is 29.8 Å². The van der Waals surface area contributed by atoms with Gasteiger partial charge in [0.2, 0.25) is 0 Å². The van der Waals surface area contributed by atoms with E-state index in [2.05, 4.69) is 0 Å². The molecule has 0 saturated carbocycles. The summed E-state index contributed by atoms with van der Waals surface area (Å²) in [5.74, 6) is 0.321. The fourth-order valence-electron chi connectivity index (χ4n) is 2.90. The van der Waals surface area contributed by atoms with E-state index in [4.69, 9.17) is 14.2 Å². The van der Waals surface area contributed by atoms with Crippen LogP contribution in [0.15, 0.2) is 24.3 Å². The van der Waals surface area contributed by atoms with E-state index in [0.29, 0.717) is 12.8 Å². The smallest absolute Gasteiger partial charge is 0.411 e. The average Bonchev–Trinajstić information content (AvgIpc) is 2.97. The molecule has 1 amide bonds. The molecule has 1 fully saturated rings. The molecule has 132 valence electrons. The van der Waals surface area contributed by atoms with Gasteiger partial charge in [-0.1, -0.05) is 12.1 Å². The number of ether oxygens (including phenoxy) is 3. The van der Waals surface area contributed by atoms with Crippen molar-refractivity contribution in [2.24, 2.45) is 0 Å². The van der Waals surface area contributed by atoms with Crippen LogP contribution in [-0.2, 0) is 14.3 Å². The molecule has 1 aliphatic rings. The Bertz CT molecular complexity index is 590. The minimum Gasteiger partial charge on any atom is -0.497 e. The zero-order valence-electron chi connectivity index (χ0n) is 14.9.